The van der Waals surface area contributed by atoms with Crippen LogP contribution in [-0.2, 0) is 9.47 Å². The highest BCUT2D eigenvalue weighted by Crippen LogP contribution is 2.33. The van der Waals surface area contributed by atoms with Crippen molar-refractivity contribution in [2.45, 2.75) is 72.1 Å². The molecule has 1 fully saturated rings. The average Bonchev–Trinajstić information content (AvgIpc) is 2.58. The normalized spacial score (nSPS) is 19.2. The quantitative estimate of drug-likeness (QED) is 0.701. The molecule has 32 heavy (non-hydrogen) atoms. The molecule has 0 spiro atoms. The Morgan fingerprint density at radius 2 is 1.75 bits per heavy atom. The van der Waals surface area contributed by atoms with Gasteiger partial charge < -0.3 is 24.8 Å². The number of carboxylic acid groups (broad SMARTS) is 1. The number of imide groups is 1. The molecule has 0 aliphatic carbocycles. The molecule has 1 saturated heterocycles. The van der Waals surface area contributed by atoms with Crippen molar-refractivity contribution in [2.75, 3.05) is 22.9 Å². The number of rotatable bonds is 3. The molecule has 0 saturated carbocycles. The molecule has 0 bridgehead atoms. The number of hydrogen-bond acceptors (Lipinski definition) is 7. The zero-order valence-electron chi connectivity index (χ0n) is 19.8. The topological polar surface area (TPSA) is 121 Å². The van der Waals surface area contributed by atoms with Crippen molar-refractivity contribution in [2.24, 2.45) is 5.92 Å². The molecule has 0 aromatic carbocycles. The van der Waals surface area contributed by atoms with E-state index in [-0.39, 0.29) is 17.6 Å². The van der Waals surface area contributed by atoms with E-state index in [1.165, 1.54) is 12.4 Å². The van der Waals surface area contributed by atoms with E-state index >= 15 is 0 Å². The summed E-state index contributed by atoms with van der Waals surface area (Å²) in [5.74, 6) is 0.199. The first kappa shape index (κ1) is 25.2. The Balaban J connectivity index is 2.30. The van der Waals surface area contributed by atoms with Gasteiger partial charge in [0.15, 0.2) is 0 Å². The summed E-state index contributed by atoms with van der Waals surface area (Å²) >= 11 is 0. The number of nitrogens with zero attached hydrogens (tertiary/aromatic N) is 3. The summed E-state index contributed by atoms with van der Waals surface area (Å²) in [5.41, 5.74) is -0.873. The van der Waals surface area contributed by atoms with Gasteiger partial charge in [0.2, 0.25) is 0 Å². The van der Waals surface area contributed by atoms with Crippen molar-refractivity contribution in [1.29, 1.82) is 0 Å². The predicted octanol–water partition coefficient (Wildman–Crippen LogP) is 4.24. The number of anilines is 2. The maximum atomic E-state index is 12.6. The van der Waals surface area contributed by atoms with E-state index in [0.717, 1.165) is 6.42 Å². The SMILES string of the molecule is CC1CC(NC(=O)OC(C)(C)C)CN(c2ccncc2N(C(=O)O)C(=O)OC(C)(C)C)C1. The predicted molar refractivity (Wildman–Crippen MR) is 120 cm³/mol. The van der Waals surface area contributed by atoms with Crippen LogP contribution in [0.5, 0.6) is 0 Å². The van der Waals surface area contributed by atoms with E-state index in [4.69, 9.17) is 9.47 Å². The minimum atomic E-state index is -1.47. The van der Waals surface area contributed by atoms with Gasteiger partial charge in [-0.25, -0.2) is 14.4 Å². The molecular weight excluding hydrogens is 416 g/mol. The number of carbonyl (C=O) groups is 3. The van der Waals surface area contributed by atoms with Gasteiger partial charge in [-0.3, -0.25) is 4.98 Å². The first-order chi connectivity index (χ1) is 14.7. The molecule has 178 valence electrons. The van der Waals surface area contributed by atoms with Crippen molar-refractivity contribution in [3.63, 3.8) is 0 Å². The molecule has 2 heterocycles. The highest BCUT2D eigenvalue weighted by Gasteiger charge is 2.34. The Morgan fingerprint density at radius 1 is 1.12 bits per heavy atom. The lowest BCUT2D eigenvalue weighted by atomic mass is 9.95. The smallest absolute Gasteiger partial charge is 0.424 e. The molecule has 1 aliphatic heterocycles. The van der Waals surface area contributed by atoms with Gasteiger partial charge in [-0.2, -0.15) is 4.90 Å². The van der Waals surface area contributed by atoms with Crippen molar-refractivity contribution < 1.29 is 29.0 Å². The standard InChI is InChI=1S/C22H34N4O6/c1-14-10-15(24-18(27)31-21(2,3)4)13-25(12-14)16-8-9-23-11-17(16)26(19(28)29)20(30)32-22(5,6)7/h8-9,11,14-15H,10,12-13H2,1-7H3,(H,24,27)(H,28,29). The molecule has 2 rings (SSSR count). The van der Waals surface area contributed by atoms with Gasteiger partial charge in [0.05, 0.1) is 11.9 Å². The van der Waals surface area contributed by atoms with Gasteiger partial charge in [-0.15, -0.1) is 0 Å². The van der Waals surface area contributed by atoms with Gasteiger partial charge in [0.1, 0.15) is 16.9 Å². The first-order valence-corrected chi connectivity index (χ1v) is 10.6. The summed E-state index contributed by atoms with van der Waals surface area (Å²) in [5, 5.41) is 12.6. The van der Waals surface area contributed by atoms with Crippen molar-refractivity contribution >= 4 is 29.7 Å². The second-order valence-corrected chi connectivity index (χ2v) is 10.1. The Labute approximate surface area is 188 Å². The number of ether oxygens (including phenoxy) is 2. The van der Waals surface area contributed by atoms with Crippen LogP contribution in [0.2, 0.25) is 0 Å². The van der Waals surface area contributed by atoms with E-state index < -0.39 is 29.5 Å². The zero-order chi connectivity index (χ0) is 24.3. The number of aromatic nitrogens is 1. The number of carbonyl (C=O) groups excluding carboxylic acids is 2. The number of hydrogen-bond donors (Lipinski definition) is 2. The summed E-state index contributed by atoms with van der Waals surface area (Å²) in [6, 6.07) is 1.44. The maximum absolute atomic E-state index is 12.6. The number of amides is 3. The fourth-order valence-corrected chi connectivity index (χ4v) is 3.53. The summed E-state index contributed by atoms with van der Waals surface area (Å²) < 4.78 is 10.6. The largest absolute Gasteiger partial charge is 0.464 e. The first-order valence-electron chi connectivity index (χ1n) is 10.6. The number of piperidine rings is 1. The lowest BCUT2D eigenvalue weighted by molar-refractivity contribution is 0.0493. The molecule has 3 amide bonds. The summed E-state index contributed by atoms with van der Waals surface area (Å²) in [6.45, 7) is 13.4. The van der Waals surface area contributed by atoms with Crippen LogP contribution in [0, 0.1) is 5.92 Å². The van der Waals surface area contributed by atoms with Crippen LogP contribution in [0.1, 0.15) is 54.9 Å². The van der Waals surface area contributed by atoms with Crippen molar-refractivity contribution in [1.82, 2.24) is 10.3 Å². The van der Waals surface area contributed by atoms with Crippen LogP contribution in [0.3, 0.4) is 0 Å². The average molecular weight is 451 g/mol. The van der Waals surface area contributed by atoms with E-state index in [9.17, 15) is 19.5 Å². The van der Waals surface area contributed by atoms with E-state index in [0.29, 0.717) is 23.7 Å². The Bertz CT molecular complexity index is 846. The van der Waals surface area contributed by atoms with Gasteiger partial charge >= 0.3 is 18.3 Å². The van der Waals surface area contributed by atoms with E-state index in [2.05, 4.69) is 10.3 Å². The molecular formula is C22H34N4O6. The molecule has 1 aliphatic rings. The van der Waals surface area contributed by atoms with Gasteiger partial charge in [-0.05, 0) is 59.9 Å². The summed E-state index contributed by atoms with van der Waals surface area (Å²) in [7, 11) is 0. The third-order valence-electron chi connectivity index (χ3n) is 4.51. The third-order valence-corrected chi connectivity index (χ3v) is 4.51. The number of alkyl carbamates (subject to hydrolysis) is 1. The van der Waals surface area contributed by atoms with Crippen LogP contribution >= 0.6 is 0 Å². The van der Waals surface area contributed by atoms with Crippen LogP contribution in [0.15, 0.2) is 18.5 Å². The lowest BCUT2D eigenvalue weighted by Gasteiger charge is -2.39. The summed E-state index contributed by atoms with van der Waals surface area (Å²) in [4.78, 5) is 43.4. The lowest BCUT2D eigenvalue weighted by Crippen LogP contribution is -2.52. The molecule has 2 N–H and O–H groups in total. The third kappa shape index (κ3) is 7.28. The second-order valence-electron chi connectivity index (χ2n) is 10.1. The molecule has 2 atom stereocenters. The minimum Gasteiger partial charge on any atom is -0.464 e. The monoisotopic (exact) mass is 450 g/mol. The Kier molecular flexibility index (Phi) is 7.58. The zero-order valence-corrected chi connectivity index (χ0v) is 19.8. The van der Waals surface area contributed by atoms with Gasteiger partial charge in [-0.1, -0.05) is 6.92 Å². The fourth-order valence-electron chi connectivity index (χ4n) is 3.53. The molecule has 1 aromatic rings. The maximum Gasteiger partial charge on any atom is 0.424 e. The second kappa shape index (κ2) is 9.62. The summed E-state index contributed by atoms with van der Waals surface area (Å²) in [6.07, 6.45) is 0.610. The molecule has 10 nitrogen and oxygen atoms in total. The van der Waals surface area contributed by atoms with Gasteiger partial charge in [0.25, 0.3) is 0 Å². The number of nitrogens with one attached hydrogen (secondary N) is 1. The minimum absolute atomic E-state index is 0.0966. The molecule has 2 unspecified atom stereocenters. The van der Waals surface area contributed by atoms with Crippen molar-refractivity contribution in [3.05, 3.63) is 18.5 Å². The van der Waals surface area contributed by atoms with Crippen LogP contribution < -0.4 is 15.1 Å². The van der Waals surface area contributed by atoms with Crippen LogP contribution in [0.25, 0.3) is 0 Å². The Morgan fingerprint density at radius 3 is 2.31 bits per heavy atom. The number of pyridine rings is 1. The highest BCUT2D eigenvalue weighted by molar-refractivity contribution is 6.10. The van der Waals surface area contributed by atoms with Crippen molar-refractivity contribution in [3.8, 4) is 0 Å². The molecule has 10 heteroatoms. The van der Waals surface area contributed by atoms with E-state index in [1.54, 1.807) is 47.6 Å². The fraction of sp³-hybridized carbons (Fsp3) is 0.636. The van der Waals surface area contributed by atoms with E-state index in [1.807, 2.05) is 11.8 Å². The highest BCUT2D eigenvalue weighted by atomic mass is 16.6. The Hall–Kier alpha value is -3.04. The van der Waals surface area contributed by atoms with Crippen LogP contribution in [0.4, 0.5) is 25.8 Å². The van der Waals surface area contributed by atoms with Crippen LogP contribution in [-0.4, -0.2) is 58.7 Å². The molecule has 1 aromatic heterocycles. The molecule has 0 radical (unpaired) electrons. The van der Waals surface area contributed by atoms with Gasteiger partial charge in [0, 0.05) is 25.3 Å².